The largest absolute Gasteiger partial charge is 0.345 e. The van der Waals surface area contributed by atoms with Gasteiger partial charge in [-0.1, -0.05) is 31.2 Å². The molecule has 0 saturated heterocycles. The van der Waals surface area contributed by atoms with Crippen molar-refractivity contribution in [3.8, 4) is 11.3 Å². The van der Waals surface area contributed by atoms with E-state index in [1.54, 1.807) is 0 Å². The molecule has 0 radical (unpaired) electrons. The lowest BCUT2D eigenvalue weighted by molar-refractivity contribution is 0.998. The fourth-order valence-corrected chi connectivity index (χ4v) is 1.83. The van der Waals surface area contributed by atoms with Gasteiger partial charge in [-0.15, -0.1) is 0 Å². The molecule has 0 aliphatic heterocycles. The van der Waals surface area contributed by atoms with Crippen LogP contribution in [0.25, 0.3) is 11.3 Å². The first-order valence-corrected chi connectivity index (χ1v) is 5.59. The summed E-state index contributed by atoms with van der Waals surface area (Å²) in [5.74, 6) is 0.912. The van der Waals surface area contributed by atoms with Crippen molar-refractivity contribution in [3.63, 3.8) is 0 Å². The van der Waals surface area contributed by atoms with E-state index in [0.717, 1.165) is 29.2 Å². The fraction of sp³-hybridized carbons (Fsp3) is 0.308. The van der Waals surface area contributed by atoms with Crippen LogP contribution in [-0.4, -0.2) is 9.97 Å². The molecule has 0 aliphatic rings. The number of aryl methyl sites for hydroxylation is 2. The number of benzene rings is 1. The number of imidazole rings is 1. The standard InChI is InChI=1S/C13H17N3/c1-3-10-4-6-11(7-5-10)13-12(8-14)15-9(2)16-13/h4-7H,3,8,14H2,1-2H3,(H,15,16). The first-order valence-electron chi connectivity index (χ1n) is 5.59. The van der Waals surface area contributed by atoms with E-state index in [1.165, 1.54) is 5.56 Å². The number of aromatic amines is 1. The van der Waals surface area contributed by atoms with E-state index in [-0.39, 0.29) is 0 Å². The normalized spacial score (nSPS) is 10.7. The number of rotatable bonds is 3. The summed E-state index contributed by atoms with van der Waals surface area (Å²) in [6.45, 7) is 4.59. The smallest absolute Gasteiger partial charge is 0.103 e. The van der Waals surface area contributed by atoms with Crippen molar-refractivity contribution in [2.45, 2.75) is 26.8 Å². The van der Waals surface area contributed by atoms with Crippen LogP contribution in [0.2, 0.25) is 0 Å². The molecule has 0 atom stereocenters. The highest BCUT2D eigenvalue weighted by molar-refractivity contribution is 5.62. The van der Waals surface area contributed by atoms with Crippen LogP contribution in [0.3, 0.4) is 0 Å². The molecule has 1 heterocycles. The summed E-state index contributed by atoms with van der Waals surface area (Å²) in [5, 5.41) is 0. The van der Waals surface area contributed by atoms with Crippen LogP contribution in [-0.2, 0) is 13.0 Å². The zero-order chi connectivity index (χ0) is 11.5. The van der Waals surface area contributed by atoms with Crippen LogP contribution < -0.4 is 5.73 Å². The fourth-order valence-electron chi connectivity index (χ4n) is 1.83. The molecule has 0 amide bonds. The molecule has 0 unspecified atom stereocenters. The summed E-state index contributed by atoms with van der Waals surface area (Å²) in [7, 11) is 0. The Morgan fingerprint density at radius 2 is 1.94 bits per heavy atom. The minimum atomic E-state index is 0.492. The Kier molecular flexibility index (Phi) is 3.06. The van der Waals surface area contributed by atoms with Crippen molar-refractivity contribution in [2.24, 2.45) is 5.73 Å². The highest BCUT2D eigenvalue weighted by Crippen LogP contribution is 2.21. The molecule has 2 aromatic rings. The van der Waals surface area contributed by atoms with Crippen LogP contribution in [0.15, 0.2) is 24.3 Å². The third kappa shape index (κ3) is 1.99. The van der Waals surface area contributed by atoms with Gasteiger partial charge in [0.05, 0.1) is 11.4 Å². The Hall–Kier alpha value is -1.61. The van der Waals surface area contributed by atoms with Gasteiger partial charge in [0.2, 0.25) is 0 Å². The SMILES string of the molecule is CCc1ccc(-c2nc(C)[nH]c2CN)cc1. The Balaban J connectivity index is 2.41. The maximum Gasteiger partial charge on any atom is 0.103 e. The molecule has 1 aromatic carbocycles. The predicted molar refractivity (Wildman–Crippen MR) is 66.0 cm³/mol. The van der Waals surface area contributed by atoms with Gasteiger partial charge in [-0.05, 0) is 18.9 Å². The second-order valence-corrected chi connectivity index (χ2v) is 3.90. The van der Waals surface area contributed by atoms with Crippen LogP contribution in [0, 0.1) is 6.92 Å². The van der Waals surface area contributed by atoms with Crippen molar-refractivity contribution >= 4 is 0 Å². The zero-order valence-corrected chi connectivity index (χ0v) is 9.75. The molecule has 0 saturated carbocycles. The van der Waals surface area contributed by atoms with Gasteiger partial charge in [0.25, 0.3) is 0 Å². The van der Waals surface area contributed by atoms with Crippen molar-refractivity contribution in [1.82, 2.24) is 9.97 Å². The number of hydrogen-bond acceptors (Lipinski definition) is 2. The number of nitrogens with two attached hydrogens (primary N) is 1. The third-order valence-electron chi connectivity index (χ3n) is 2.74. The van der Waals surface area contributed by atoms with Crippen molar-refractivity contribution < 1.29 is 0 Å². The summed E-state index contributed by atoms with van der Waals surface area (Å²) >= 11 is 0. The molecular weight excluding hydrogens is 198 g/mol. The number of nitrogens with one attached hydrogen (secondary N) is 1. The average Bonchev–Trinajstić information content (AvgIpc) is 2.70. The first-order chi connectivity index (χ1) is 7.74. The maximum absolute atomic E-state index is 5.69. The number of hydrogen-bond donors (Lipinski definition) is 2. The van der Waals surface area contributed by atoms with Crippen LogP contribution in [0.5, 0.6) is 0 Å². The molecule has 0 fully saturated rings. The lowest BCUT2D eigenvalue weighted by Crippen LogP contribution is -1.98. The van der Waals surface area contributed by atoms with Gasteiger partial charge in [-0.25, -0.2) is 4.98 Å². The number of aromatic nitrogens is 2. The second kappa shape index (κ2) is 4.49. The van der Waals surface area contributed by atoms with Crippen LogP contribution in [0.1, 0.15) is 24.0 Å². The van der Waals surface area contributed by atoms with Gasteiger partial charge in [0.1, 0.15) is 5.82 Å². The molecule has 0 bridgehead atoms. The summed E-state index contributed by atoms with van der Waals surface area (Å²) in [4.78, 5) is 7.66. The van der Waals surface area contributed by atoms with Crippen molar-refractivity contribution in [1.29, 1.82) is 0 Å². The molecule has 84 valence electrons. The minimum Gasteiger partial charge on any atom is -0.345 e. The quantitative estimate of drug-likeness (QED) is 0.826. The van der Waals surface area contributed by atoms with E-state index in [2.05, 4.69) is 41.2 Å². The molecule has 3 nitrogen and oxygen atoms in total. The molecule has 16 heavy (non-hydrogen) atoms. The van der Waals surface area contributed by atoms with Gasteiger partial charge in [-0.3, -0.25) is 0 Å². The van der Waals surface area contributed by atoms with E-state index in [4.69, 9.17) is 5.73 Å². The lowest BCUT2D eigenvalue weighted by atomic mass is 10.1. The van der Waals surface area contributed by atoms with E-state index in [0.29, 0.717) is 6.54 Å². The predicted octanol–water partition coefficient (Wildman–Crippen LogP) is 2.41. The van der Waals surface area contributed by atoms with Crippen molar-refractivity contribution in [3.05, 3.63) is 41.3 Å². The van der Waals surface area contributed by atoms with Gasteiger partial charge < -0.3 is 10.7 Å². The van der Waals surface area contributed by atoms with Gasteiger partial charge in [0.15, 0.2) is 0 Å². The molecule has 1 aromatic heterocycles. The molecule has 3 N–H and O–H groups in total. The summed E-state index contributed by atoms with van der Waals surface area (Å²) in [5.41, 5.74) is 10.1. The number of nitrogens with zero attached hydrogens (tertiary/aromatic N) is 1. The Morgan fingerprint density at radius 3 is 2.50 bits per heavy atom. The van der Waals surface area contributed by atoms with E-state index in [9.17, 15) is 0 Å². The topological polar surface area (TPSA) is 54.7 Å². The minimum absolute atomic E-state index is 0.492. The van der Waals surface area contributed by atoms with Crippen LogP contribution in [0.4, 0.5) is 0 Å². The molecular formula is C13H17N3. The zero-order valence-electron chi connectivity index (χ0n) is 9.75. The lowest BCUT2D eigenvalue weighted by Gasteiger charge is -2.01. The van der Waals surface area contributed by atoms with Crippen LogP contribution >= 0.6 is 0 Å². The first kappa shape index (κ1) is 10.9. The van der Waals surface area contributed by atoms with E-state index < -0.39 is 0 Å². The highest BCUT2D eigenvalue weighted by atomic mass is 14.9. The molecule has 0 spiro atoms. The summed E-state index contributed by atoms with van der Waals surface area (Å²) in [6.07, 6.45) is 1.06. The average molecular weight is 215 g/mol. The van der Waals surface area contributed by atoms with Crippen molar-refractivity contribution in [2.75, 3.05) is 0 Å². The summed E-state index contributed by atoms with van der Waals surface area (Å²) in [6, 6.07) is 8.49. The monoisotopic (exact) mass is 215 g/mol. The van der Waals surface area contributed by atoms with E-state index in [1.807, 2.05) is 6.92 Å². The second-order valence-electron chi connectivity index (χ2n) is 3.90. The van der Waals surface area contributed by atoms with Gasteiger partial charge >= 0.3 is 0 Å². The Morgan fingerprint density at radius 1 is 1.25 bits per heavy atom. The molecule has 2 rings (SSSR count). The summed E-state index contributed by atoms with van der Waals surface area (Å²) < 4.78 is 0. The molecule has 0 aliphatic carbocycles. The third-order valence-corrected chi connectivity index (χ3v) is 2.74. The van der Waals surface area contributed by atoms with E-state index >= 15 is 0 Å². The van der Waals surface area contributed by atoms with Gasteiger partial charge in [0, 0.05) is 12.1 Å². The number of H-pyrrole nitrogens is 1. The Bertz CT molecular complexity index is 468. The highest BCUT2D eigenvalue weighted by Gasteiger charge is 2.08. The maximum atomic E-state index is 5.69. The Labute approximate surface area is 95.7 Å². The molecule has 3 heteroatoms. The van der Waals surface area contributed by atoms with Gasteiger partial charge in [-0.2, -0.15) is 0 Å².